The molecule has 6 heteroatoms. The largest absolute Gasteiger partial charge is 0.369 e. The smallest absolute Gasteiger partial charge is 0.296 e. The average Bonchev–Trinajstić information content (AvgIpc) is 2.49. The lowest BCUT2D eigenvalue weighted by molar-refractivity contribution is -0.114. The standard InChI is InChI=1S/C11H9ClFN3O/c1-16-9(10(17)15-11(16)14)5-6-7(12)3-2-4-8(6)13/h2-5H,1H3,(H2,14,15,17)/b9-5-. The molecule has 0 bridgehead atoms. The SMILES string of the molecule is CN1C(N)=NC(=O)/C1=C/c1c(F)cccc1Cl. The van der Waals surface area contributed by atoms with E-state index >= 15 is 0 Å². The molecule has 1 aromatic carbocycles. The van der Waals surface area contributed by atoms with Crippen molar-refractivity contribution in [1.29, 1.82) is 0 Å². The normalized spacial score (nSPS) is 17.8. The number of rotatable bonds is 1. The van der Waals surface area contributed by atoms with Gasteiger partial charge in [-0.25, -0.2) is 4.39 Å². The van der Waals surface area contributed by atoms with E-state index < -0.39 is 11.7 Å². The molecule has 0 atom stereocenters. The van der Waals surface area contributed by atoms with Gasteiger partial charge in [-0.3, -0.25) is 4.79 Å². The van der Waals surface area contributed by atoms with Gasteiger partial charge in [0.05, 0.1) is 5.02 Å². The lowest BCUT2D eigenvalue weighted by Crippen LogP contribution is -2.28. The molecule has 0 saturated heterocycles. The summed E-state index contributed by atoms with van der Waals surface area (Å²) < 4.78 is 13.5. The van der Waals surface area contributed by atoms with Crippen molar-refractivity contribution >= 4 is 29.5 Å². The van der Waals surface area contributed by atoms with Crippen LogP contribution in [0.25, 0.3) is 6.08 Å². The molecule has 0 radical (unpaired) electrons. The Kier molecular flexibility index (Phi) is 2.85. The van der Waals surface area contributed by atoms with Crippen LogP contribution in [0, 0.1) is 5.82 Å². The number of carbonyl (C=O) groups excluding carboxylic acids is 1. The number of carbonyl (C=O) groups is 1. The van der Waals surface area contributed by atoms with E-state index in [9.17, 15) is 9.18 Å². The topological polar surface area (TPSA) is 58.7 Å². The number of guanidine groups is 1. The summed E-state index contributed by atoms with van der Waals surface area (Å²) in [6, 6.07) is 4.30. The number of hydrogen-bond acceptors (Lipinski definition) is 3. The van der Waals surface area contributed by atoms with Crippen molar-refractivity contribution in [3.63, 3.8) is 0 Å². The molecule has 0 aromatic heterocycles. The molecule has 0 saturated carbocycles. The molecular weight excluding hydrogens is 245 g/mol. The molecule has 0 unspecified atom stereocenters. The first-order valence-electron chi connectivity index (χ1n) is 4.78. The first-order chi connectivity index (χ1) is 8.00. The Labute approximate surface area is 102 Å². The molecule has 17 heavy (non-hydrogen) atoms. The molecule has 1 aliphatic heterocycles. The van der Waals surface area contributed by atoms with Crippen molar-refractivity contribution in [2.24, 2.45) is 10.7 Å². The summed E-state index contributed by atoms with van der Waals surface area (Å²) in [7, 11) is 1.57. The predicted molar refractivity (Wildman–Crippen MR) is 63.8 cm³/mol. The predicted octanol–water partition coefficient (Wildman–Crippen LogP) is 1.61. The van der Waals surface area contributed by atoms with Crippen molar-refractivity contribution in [3.8, 4) is 0 Å². The van der Waals surface area contributed by atoms with Gasteiger partial charge in [0.2, 0.25) is 5.96 Å². The van der Waals surface area contributed by atoms with Crippen molar-refractivity contribution in [2.75, 3.05) is 7.05 Å². The molecule has 0 spiro atoms. The monoisotopic (exact) mass is 253 g/mol. The van der Waals surface area contributed by atoms with E-state index in [4.69, 9.17) is 17.3 Å². The Morgan fingerprint density at radius 3 is 2.76 bits per heavy atom. The number of nitrogens with two attached hydrogens (primary N) is 1. The highest BCUT2D eigenvalue weighted by atomic mass is 35.5. The van der Waals surface area contributed by atoms with Crippen LogP contribution >= 0.6 is 11.6 Å². The third-order valence-corrected chi connectivity index (χ3v) is 2.75. The molecule has 0 fully saturated rings. The molecule has 88 valence electrons. The zero-order chi connectivity index (χ0) is 12.6. The number of nitrogens with zero attached hydrogens (tertiary/aromatic N) is 2. The molecule has 2 rings (SSSR count). The minimum atomic E-state index is -0.510. The van der Waals surface area contributed by atoms with Crippen LogP contribution in [0.15, 0.2) is 28.9 Å². The quantitative estimate of drug-likeness (QED) is 0.774. The number of benzene rings is 1. The van der Waals surface area contributed by atoms with Crippen LogP contribution in [-0.4, -0.2) is 23.8 Å². The van der Waals surface area contributed by atoms with Crippen molar-refractivity contribution in [1.82, 2.24) is 4.90 Å². The fraction of sp³-hybridized carbons (Fsp3) is 0.0909. The van der Waals surface area contributed by atoms with Gasteiger partial charge in [-0.2, -0.15) is 4.99 Å². The summed E-state index contributed by atoms with van der Waals surface area (Å²) in [6.07, 6.45) is 1.34. The van der Waals surface area contributed by atoms with Crippen molar-refractivity contribution < 1.29 is 9.18 Å². The maximum Gasteiger partial charge on any atom is 0.296 e. The average molecular weight is 254 g/mol. The Morgan fingerprint density at radius 2 is 2.24 bits per heavy atom. The maximum absolute atomic E-state index is 13.5. The van der Waals surface area contributed by atoms with Gasteiger partial charge in [-0.1, -0.05) is 17.7 Å². The van der Waals surface area contributed by atoms with Crippen LogP contribution in [-0.2, 0) is 4.79 Å². The minimum Gasteiger partial charge on any atom is -0.369 e. The molecule has 1 amide bonds. The van der Waals surface area contributed by atoms with Crippen LogP contribution in [0.4, 0.5) is 4.39 Å². The second-order valence-electron chi connectivity index (χ2n) is 3.50. The van der Waals surface area contributed by atoms with Gasteiger partial charge >= 0.3 is 0 Å². The highest BCUT2D eigenvalue weighted by Crippen LogP contribution is 2.24. The molecule has 1 aliphatic rings. The summed E-state index contributed by atoms with van der Waals surface area (Å²) in [4.78, 5) is 16.4. The van der Waals surface area contributed by atoms with Gasteiger partial charge in [0.25, 0.3) is 5.91 Å². The first-order valence-corrected chi connectivity index (χ1v) is 5.16. The maximum atomic E-state index is 13.5. The summed E-state index contributed by atoms with van der Waals surface area (Å²) in [5, 5.41) is 0.226. The molecule has 2 N–H and O–H groups in total. The molecule has 1 aromatic rings. The fourth-order valence-electron chi connectivity index (χ4n) is 1.45. The second kappa shape index (κ2) is 4.18. The van der Waals surface area contributed by atoms with Crippen LogP contribution in [0.1, 0.15) is 5.56 Å². The minimum absolute atomic E-state index is 0.0775. The summed E-state index contributed by atoms with van der Waals surface area (Å²) in [6.45, 7) is 0. The number of amides is 1. The van der Waals surface area contributed by atoms with Crippen LogP contribution in [0.2, 0.25) is 5.02 Å². The Hall–Kier alpha value is -1.88. The summed E-state index contributed by atoms with van der Waals surface area (Å²) >= 11 is 5.86. The molecule has 4 nitrogen and oxygen atoms in total. The molecular formula is C11H9ClFN3O. The van der Waals surface area contributed by atoms with Crippen LogP contribution in [0.5, 0.6) is 0 Å². The summed E-state index contributed by atoms with van der Waals surface area (Å²) in [5.74, 6) is -0.935. The lowest BCUT2D eigenvalue weighted by Gasteiger charge is -2.11. The van der Waals surface area contributed by atoms with Gasteiger partial charge < -0.3 is 10.6 Å². The van der Waals surface area contributed by atoms with E-state index in [1.165, 1.54) is 23.1 Å². The van der Waals surface area contributed by atoms with E-state index in [1.54, 1.807) is 13.1 Å². The second-order valence-corrected chi connectivity index (χ2v) is 3.91. The number of aliphatic imine (C=N–C) groups is 1. The Bertz CT molecular complexity index is 533. The van der Waals surface area contributed by atoms with Crippen LogP contribution in [0.3, 0.4) is 0 Å². The zero-order valence-electron chi connectivity index (χ0n) is 8.95. The van der Waals surface area contributed by atoms with E-state index in [-0.39, 0.29) is 22.2 Å². The van der Waals surface area contributed by atoms with Gasteiger partial charge in [-0.15, -0.1) is 0 Å². The van der Waals surface area contributed by atoms with Gasteiger partial charge in [0.1, 0.15) is 11.5 Å². The van der Waals surface area contributed by atoms with E-state index in [0.29, 0.717) is 0 Å². The molecule has 0 aliphatic carbocycles. The van der Waals surface area contributed by atoms with E-state index in [0.717, 1.165) is 0 Å². The highest BCUT2D eigenvalue weighted by molar-refractivity contribution is 6.32. The van der Waals surface area contributed by atoms with Gasteiger partial charge in [0.15, 0.2) is 0 Å². The third kappa shape index (κ3) is 2.01. The van der Waals surface area contributed by atoms with Gasteiger partial charge in [0, 0.05) is 12.6 Å². The zero-order valence-corrected chi connectivity index (χ0v) is 9.70. The third-order valence-electron chi connectivity index (χ3n) is 2.42. The number of hydrogen-bond donors (Lipinski definition) is 1. The fourth-order valence-corrected chi connectivity index (χ4v) is 1.66. The van der Waals surface area contributed by atoms with Crippen molar-refractivity contribution in [3.05, 3.63) is 40.3 Å². The van der Waals surface area contributed by atoms with E-state index in [2.05, 4.69) is 4.99 Å². The number of likely N-dealkylation sites (N-methyl/N-ethyl adjacent to an activating group) is 1. The highest BCUT2D eigenvalue weighted by Gasteiger charge is 2.24. The number of halogens is 2. The van der Waals surface area contributed by atoms with Gasteiger partial charge in [-0.05, 0) is 18.2 Å². The Balaban J connectivity index is 2.48. The van der Waals surface area contributed by atoms with E-state index in [1.807, 2.05) is 0 Å². The molecule has 1 heterocycles. The Morgan fingerprint density at radius 1 is 1.53 bits per heavy atom. The lowest BCUT2D eigenvalue weighted by atomic mass is 10.1. The first kappa shape index (κ1) is 11.6. The van der Waals surface area contributed by atoms with Crippen LogP contribution < -0.4 is 5.73 Å². The summed E-state index contributed by atoms with van der Waals surface area (Å²) in [5.41, 5.74) is 5.81. The van der Waals surface area contributed by atoms with Crippen molar-refractivity contribution in [2.45, 2.75) is 0 Å².